The Balaban J connectivity index is 1.66. The van der Waals surface area contributed by atoms with E-state index in [1.54, 1.807) is 44.6 Å². The number of benzene rings is 3. The number of rotatable bonds is 9. The van der Waals surface area contributed by atoms with Gasteiger partial charge in [-0.05, 0) is 48.9 Å². The van der Waals surface area contributed by atoms with E-state index in [2.05, 4.69) is 15.5 Å². The zero-order valence-corrected chi connectivity index (χ0v) is 22.2. The fourth-order valence-corrected chi connectivity index (χ4v) is 4.85. The van der Waals surface area contributed by atoms with E-state index >= 15 is 0 Å². The van der Waals surface area contributed by atoms with Crippen molar-refractivity contribution >= 4 is 40.9 Å². The highest BCUT2D eigenvalue weighted by Crippen LogP contribution is 2.36. The van der Waals surface area contributed by atoms with Crippen LogP contribution in [0.4, 0.5) is 0 Å². The second-order valence-electron chi connectivity index (χ2n) is 7.79. The molecule has 7 nitrogen and oxygen atoms in total. The molecule has 1 aromatic heterocycles. The second kappa shape index (κ2) is 11.7. The highest BCUT2D eigenvalue weighted by molar-refractivity contribution is 7.99. The molecule has 0 radical (unpaired) electrons. The molecule has 0 aliphatic rings. The first-order valence-electron chi connectivity index (χ1n) is 11.0. The summed E-state index contributed by atoms with van der Waals surface area (Å²) in [6, 6.07) is 20.3. The molecule has 4 rings (SSSR count). The number of ether oxygens (including phenoxy) is 2. The SMILES string of the molecule is COc1ccc(-n2c(SCC(=O)N[C@H](C)c3ccccc3)nnc2-c2cc(Cl)ccc2OC)cc1Cl. The van der Waals surface area contributed by atoms with E-state index in [0.29, 0.717) is 43.8 Å². The zero-order valence-electron chi connectivity index (χ0n) is 19.9. The van der Waals surface area contributed by atoms with E-state index in [0.717, 1.165) is 5.56 Å². The summed E-state index contributed by atoms with van der Waals surface area (Å²) in [4.78, 5) is 12.7. The molecule has 10 heteroatoms. The average Bonchev–Trinajstić information content (AvgIpc) is 3.31. The van der Waals surface area contributed by atoms with Gasteiger partial charge in [-0.1, -0.05) is 65.3 Å². The number of halogens is 2. The van der Waals surface area contributed by atoms with Crippen LogP contribution in [0, 0.1) is 0 Å². The molecule has 0 spiro atoms. The third-order valence-corrected chi connectivity index (χ3v) is 6.90. The minimum atomic E-state index is -0.124. The van der Waals surface area contributed by atoms with Gasteiger partial charge >= 0.3 is 0 Å². The standard InChI is InChI=1S/C26H24Cl2N4O3S/c1-16(17-7-5-4-6-8-17)29-24(33)15-36-26-31-30-25(20-13-18(27)9-11-22(20)34-2)32(26)19-10-12-23(35-3)21(28)14-19/h4-14,16H,15H2,1-3H3,(H,29,33)/t16-/m1/s1. The highest BCUT2D eigenvalue weighted by atomic mass is 35.5. The molecular formula is C26H24Cl2N4O3S. The summed E-state index contributed by atoms with van der Waals surface area (Å²) in [7, 11) is 3.13. The van der Waals surface area contributed by atoms with Crippen LogP contribution in [0.2, 0.25) is 10.0 Å². The lowest BCUT2D eigenvalue weighted by Crippen LogP contribution is -2.28. The van der Waals surface area contributed by atoms with Gasteiger partial charge in [0.1, 0.15) is 11.5 Å². The van der Waals surface area contributed by atoms with Gasteiger partial charge in [-0.3, -0.25) is 9.36 Å². The van der Waals surface area contributed by atoms with Gasteiger partial charge < -0.3 is 14.8 Å². The number of nitrogens with one attached hydrogen (secondary N) is 1. The van der Waals surface area contributed by atoms with Crippen LogP contribution >= 0.6 is 35.0 Å². The first-order chi connectivity index (χ1) is 17.4. The molecule has 1 N–H and O–H groups in total. The average molecular weight is 543 g/mol. The molecule has 1 amide bonds. The Morgan fingerprint density at radius 2 is 1.72 bits per heavy atom. The van der Waals surface area contributed by atoms with Crippen molar-refractivity contribution in [2.24, 2.45) is 0 Å². The van der Waals surface area contributed by atoms with Crippen molar-refractivity contribution in [2.75, 3.05) is 20.0 Å². The van der Waals surface area contributed by atoms with Crippen molar-refractivity contribution in [3.8, 4) is 28.6 Å². The van der Waals surface area contributed by atoms with Crippen LogP contribution in [-0.4, -0.2) is 40.6 Å². The van der Waals surface area contributed by atoms with Gasteiger partial charge in [-0.15, -0.1) is 10.2 Å². The molecule has 0 bridgehead atoms. The minimum Gasteiger partial charge on any atom is -0.496 e. The van der Waals surface area contributed by atoms with Crippen LogP contribution < -0.4 is 14.8 Å². The second-order valence-corrected chi connectivity index (χ2v) is 9.58. The van der Waals surface area contributed by atoms with Gasteiger partial charge in [0.15, 0.2) is 11.0 Å². The van der Waals surface area contributed by atoms with Crippen LogP contribution in [-0.2, 0) is 4.79 Å². The molecule has 0 fully saturated rings. The van der Waals surface area contributed by atoms with Gasteiger partial charge in [0.25, 0.3) is 0 Å². The predicted octanol–water partition coefficient (Wildman–Crippen LogP) is 6.23. The Kier molecular flexibility index (Phi) is 8.40. The zero-order chi connectivity index (χ0) is 25.7. The van der Waals surface area contributed by atoms with Crippen LogP contribution in [0.1, 0.15) is 18.5 Å². The Labute approximate surface area is 223 Å². The maximum Gasteiger partial charge on any atom is 0.230 e. The molecule has 0 aliphatic carbocycles. The molecule has 0 aliphatic heterocycles. The lowest BCUT2D eigenvalue weighted by atomic mass is 10.1. The molecule has 4 aromatic rings. The summed E-state index contributed by atoms with van der Waals surface area (Å²) >= 11 is 14.0. The summed E-state index contributed by atoms with van der Waals surface area (Å²) in [5.41, 5.74) is 2.38. The third-order valence-electron chi connectivity index (χ3n) is 5.44. The van der Waals surface area contributed by atoms with E-state index in [1.165, 1.54) is 11.8 Å². The Morgan fingerprint density at radius 3 is 2.42 bits per heavy atom. The Bertz CT molecular complexity index is 1360. The molecule has 1 atom stereocenters. The van der Waals surface area contributed by atoms with Gasteiger partial charge in [0, 0.05) is 5.02 Å². The van der Waals surface area contributed by atoms with Crippen LogP contribution in [0.25, 0.3) is 17.1 Å². The minimum absolute atomic E-state index is 0.121. The smallest absolute Gasteiger partial charge is 0.230 e. The normalized spacial score (nSPS) is 11.7. The molecule has 3 aromatic carbocycles. The number of hydrogen-bond donors (Lipinski definition) is 1. The summed E-state index contributed by atoms with van der Waals surface area (Å²) < 4.78 is 12.7. The molecule has 36 heavy (non-hydrogen) atoms. The van der Waals surface area contributed by atoms with Crippen molar-refractivity contribution in [1.29, 1.82) is 0 Å². The summed E-state index contributed by atoms with van der Waals surface area (Å²) in [6.07, 6.45) is 0. The fourth-order valence-electron chi connectivity index (χ4n) is 3.66. The van der Waals surface area contributed by atoms with E-state index in [-0.39, 0.29) is 17.7 Å². The number of carbonyl (C=O) groups is 1. The summed E-state index contributed by atoms with van der Waals surface area (Å²) in [5, 5.41) is 13.3. The van der Waals surface area contributed by atoms with Crippen molar-refractivity contribution in [3.63, 3.8) is 0 Å². The topological polar surface area (TPSA) is 78.3 Å². The molecule has 0 unspecified atom stereocenters. The molecule has 0 saturated heterocycles. The van der Waals surface area contributed by atoms with Gasteiger partial charge in [-0.2, -0.15) is 0 Å². The van der Waals surface area contributed by atoms with Crippen LogP contribution in [0.3, 0.4) is 0 Å². The van der Waals surface area contributed by atoms with E-state index in [1.807, 2.05) is 47.9 Å². The lowest BCUT2D eigenvalue weighted by Gasteiger charge is -2.15. The quantitative estimate of drug-likeness (QED) is 0.252. The first kappa shape index (κ1) is 25.9. The maximum absolute atomic E-state index is 12.7. The monoisotopic (exact) mass is 542 g/mol. The molecular weight excluding hydrogens is 519 g/mol. The predicted molar refractivity (Wildman–Crippen MR) is 144 cm³/mol. The molecule has 0 saturated carbocycles. The number of aromatic nitrogens is 3. The summed E-state index contributed by atoms with van der Waals surface area (Å²) in [5.74, 6) is 1.64. The number of hydrogen-bond acceptors (Lipinski definition) is 6. The number of amides is 1. The first-order valence-corrected chi connectivity index (χ1v) is 12.8. The number of methoxy groups -OCH3 is 2. The van der Waals surface area contributed by atoms with Gasteiger partial charge in [-0.25, -0.2) is 0 Å². The number of carbonyl (C=O) groups excluding carboxylic acids is 1. The van der Waals surface area contributed by atoms with Crippen LogP contribution in [0.15, 0.2) is 71.9 Å². The van der Waals surface area contributed by atoms with Crippen molar-refractivity contribution in [3.05, 3.63) is 82.3 Å². The van der Waals surface area contributed by atoms with Crippen molar-refractivity contribution in [1.82, 2.24) is 20.1 Å². The molecule has 1 heterocycles. The Hall–Kier alpha value is -3.20. The van der Waals surface area contributed by atoms with E-state index < -0.39 is 0 Å². The number of thioether (sulfide) groups is 1. The van der Waals surface area contributed by atoms with Crippen LogP contribution in [0.5, 0.6) is 11.5 Å². The van der Waals surface area contributed by atoms with Crippen molar-refractivity contribution < 1.29 is 14.3 Å². The maximum atomic E-state index is 12.7. The fraction of sp³-hybridized carbons (Fsp3) is 0.192. The Morgan fingerprint density at radius 1 is 1.00 bits per heavy atom. The van der Waals surface area contributed by atoms with Gasteiger partial charge in [0.05, 0.1) is 42.3 Å². The van der Waals surface area contributed by atoms with E-state index in [4.69, 9.17) is 32.7 Å². The third kappa shape index (κ3) is 5.78. The largest absolute Gasteiger partial charge is 0.496 e. The van der Waals surface area contributed by atoms with Crippen molar-refractivity contribution in [2.45, 2.75) is 18.1 Å². The molecule has 186 valence electrons. The lowest BCUT2D eigenvalue weighted by molar-refractivity contribution is -0.119. The van der Waals surface area contributed by atoms with E-state index in [9.17, 15) is 4.79 Å². The number of nitrogens with zero attached hydrogens (tertiary/aromatic N) is 3. The summed E-state index contributed by atoms with van der Waals surface area (Å²) in [6.45, 7) is 1.95. The van der Waals surface area contributed by atoms with Gasteiger partial charge in [0.2, 0.25) is 5.91 Å². The highest BCUT2D eigenvalue weighted by Gasteiger charge is 2.21.